The SMILES string of the molecule is CC(C)n1ncc(C2(CN)CCCC2)c1Cl. The molecule has 0 saturated heterocycles. The molecule has 0 radical (unpaired) electrons. The van der Waals surface area contributed by atoms with Crippen LogP contribution in [0.25, 0.3) is 0 Å². The summed E-state index contributed by atoms with van der Waals surface area (Å²) in [6.07, 6.45) is 6.71. The minimum absolute atomic E-state index is 0.0875. The van der Waals surface area contributed by atoms with Crippen LogP contribution in [0.3, 0.4) is 0 Å². The van der Waals surface area contributed by atoms with Crippen molar-refractivity contribution in [1.29, 1.82) is 0 Å². The molecule has 3 nitrogen and oxygen atoms in total. The standard InChI is InChI=1S/C12H20ClN3/c1-9(2)16-11(13)10(7-15-16)12(8-14)5-3-4-6-12/h7,9H,3-6,8,14H2,1-2H3. The first-order valence-corrected chi connectivity index (χ1v) is 6.42. The van der Waals surface area contributed by atoms with Crippen LogP contribution < -0.4 is 5.73 Å². The van der Waals surface area contributed by atoms with Gasteiger partial charge < -0.3 is 5.73 Å². The van der Waals surface area contributed by atoms with Gasteiger partial charge in [-0.2, -0.15) is 5.10 Å². The summed E-state index contributed by atoms with van der Waals surface area (Å²) in [5.41, 5.74) is 7.20. The molecular formula is C12H20ClN3. The van der Waals surface area contributed by atoms with Crippen molar-refractivity contribution in [2.75, 3.05) is 6.54 Å². The van der Waals surface area contributed by atoms with Gasteiger partial charge in [0.2, 0.25) is 0 Å². The second kappa shape index (κ2) is 4.38. The van der Waals surface area contributed by atoms with Gasteiger partial charge in [-0.05, 0) is 26.7 Å². The Morgan fingerprint density at radius 3 is 2.56 bits per heavy atom. The summed E-state index contributed by atoms with van der Waals surface area (Å²) < 4.78 is 1.88. The first kappa shape index (κ1) is 11.9. The first-order chi connectivity index (χ1) is 7.60. The van der Waals surface area contributed by atoms with E-state index in [1.807, 2.05) is 10.9 Å². The lowest BCUT2D eigenvalue weighted by Gasteiger charge is -2.26. The molecule has 4 heteroatoms. The van der Waals surface area contributed by atoms with E-state index in [1.165, 1.54) is 12.8 Å². The second-order valence-corrected chi connectivity index (χ2v) is 5.44. The zero-order chi connectivity index (χ0) is 11.8. The molecule has 1 aromatic heterocycles. The topological polar surface area (TPSA) is 43.8 Å². The number of hydrogen-bond acceptors (Lipinski definition) is 2. The maximum atomic E-state index is 6.41. The summed E-state index contributed by atoms with van der Waals surface area (Å²) in [5, 5.41) is 5.16. The maximum absolute atomic E-state index is 6.41. The Kier molecular flexibility index (Phi) is 3.27. The molecule has 0 bridgehead atoms. The highest BCUT2D eigenvalue weighted by Crippen LogP contribution is 2.43. The number of halogens is 1. The molecule has 0 aliphatic heterocycles. The Labute approximate surface area is 102 Å². The molecule has 90 valence electrons. The van der Waals surface area contributed by atoms with Gasteiger partial charge in [-0.15, -0.1) is 0 Å². The average Bonchev–Trinajstić information content (AvgIpc) is 2.84. The summed E-state index contributed by atoms with van der Waals surface area (Å²) in [7, 11) is 0. The molecule has 1 aliphatic rings. The summed E-state index contributed by atoms with van der Waals surface area (Å²) in [4.78, 5) is 0. The van der Waals surface area contributed by atoms with Crippen molar-refractivity contribution in [2.24, 2.45) is 5.73 Å². The van der Waals surface area contributed by atoms with Crippen molar-refractivity contribution >= 4 is 11.6 Å². The van der Waals surface area contributed by atoms with Crippen LogP contribution in [-0.2, 0) is 5.41 Å². The Bertz CT molecular complexity index is 364. The van der Waals surface area contributed by atoms with Gasteiger partial charge in [-0.25, -0.2) is 0 Å². The highest BCUT2D eigenvalue weighted by Gasteiger charge is 2.37. The van der Waals surface area contributed by atoms with Gasteiger partial charge in [0.1, 0.15) is 5.15 Å². The van der Waals surface area contributed by atoms with E-state index < -0.39 is 0 Å². The van der Waals surface area contributed by atoms with E-state index in [4.69, 9.17) is 17.3 Å². The van der Waals surface area contributed by atoms with Crippen molar-refractivity contribution in [2.45, 2.75) is 51.0 Å². The number of hydrogen-bond donors (Lipinski definition) is 1. The molecule has 1 saturated carbocycles. The van der Waals surface area contributed by atoms with Crippen LogP contribution in [0.4, 0.5) is 0 Å². The van der Waals surface area contributed by atoms with Crippen molar-refractivity contribution in [3.05, 3.63) is 16.9 Å². The van der Waals surface area contributed by atoms with Gasteiger partial charge in [0.05, 0.1) is 6.20 Å². The van der Waals surface area contributed by atoms with Gasteiger partial charge in [0.15, 0.2) is 0 Å². The lowest BCUT2D eigenvalue weighted by Crippen LogP contribution is -2.32. The van der Waals surface area contributed by atoms with Crippen molar-refractivity contribution in [3.63, 3.8) is 0 Å². The van der Waals surface area contributed by atoms with Crippen LogP contribution in [0.1, 0.15) is 51.1 Å². The highest BCUT2D eigenvalue weighted by atomic mass is 35.5. The Morgan fingerprint density at radius 1 is 1.50 bits per heavy atom. The minimum atomic E-state index is 0.0875. The molecule has 0 unspecified atom stereocenters. The largest absolute Gasteiger partial charge is 0.330 e. The molecule has 2 rings (SSSR count). The monoisotopic (exact) mass is 241 g/mol. The predicted molar refractivity (Wildman–Crippen MR) is 66.8 cm³/mol. The highest BCUT2D eigenvalue weighted by molar-refractivity contribution is 6.30. The molecule has 16 heavy (non-hydrogen) atoms. The third-order valence-electron chi connectivity index (χ3n) is 3.75. The van der Waals surface area contributed by atoms with Crippen molar-refractivity contribution in [1.82, 2.24) is 9.78 Å². The molecule has 2 N–H and O–H groups in total. The Hall–Kier alpha value is -0.540. The lowest BCUT2D eigenvalue weighted by molar-refractivity contribution is 0.451. The Balaban J connectivity index is 2.39. The van der Waals surface area contributed by atoms with Crippen LogP contribution in [-0.4, -0.2) is 16.3 Å². The quantitative estimate of drug-likeness (QED) is 0.885. The first-order valence-electron chi connectivity index (χ1n) is 6.04. The van der Waals surface area contributed by atoms with E-state index in [-0.39, 0.29) is 5.41 Å². The summed E-state index contributed by atoms with van der Waals surface area (Å²) in [6.45, 7) is 4.86. The van der Waals surface area contributed by atoms with Crippen LogP contribution in [0, 0.1) is 0 Å². The molecule has 0 amide bonds. The number of nitrogens with two attached hydrogens (primary N) is 1. The van der Waals surface area contributed by atoms with E-state index in [0.29, 0.717) is 12.6 Å². The Morgan fingerprint density at radius 2 is 2.12 bits per heavy atom. The zero-order valence-corrected chi connectivity index (χ0v) is 10.8. The van der Waals surface area contributed by atoms with E-state index >= 15 is 0 Å². The third kappa shape index (κ3) is 1.76. The van der Waals surface area contributed by atoms with Crippen LogP contribution in [0.2, 0.25) is 5.15 Å². The lowest BCUT2D eigenvalue weighted by atomic mass is 9.81. The van der Waals surface area contributed by atoms with Crippen LogP contribution in [0.15, 0.2) is 6.20 Å². The second-order valence-electron chi connectivity index (χ2n) is 5.08. The summed E-state index contributed by atoms with van der Waals surface area (Å²) >= 11 is 6.41. The fraction of sp³-hybridized carbons (Fsp3) is 0.750. The molecule has 1 aromatic rings. The smallest absolute Gasteiger partial charge is 0.131 e. The van der Waals surface area contributed by atoms with E-state index in [1.54, 1.807) is 0 Å². The van der Waals surface area contributed by atoms with Gasteiger partial charge in [-0.3, -0.25) is 4.68 Å². The molecule has 1 fully saturated rings. The van der Waals surface area contributed by atoms with E-state index in [9.17, 15) is 0 Å². The van der Waals surface area contributed by atoms with Gasteiger partial charge in [0.25, 0.3) is 0 Å². The van der Waals surface area contributed by atoms with Crippen LogP contribution in [0.5, 0.6) is 0 Å². The third-order valence-corrected chi connectivity index (χ3v) is 4.12. The maximum Gasteiger partial charge on any atom is 0.131 e. The molecule has 1 heterocycles. The fourth-order valence-electron chi connectivity index (χ4n) is 2.70. The number of aromatic nitrogens is 2. The van der Waals surface area contributed by atoms with Crippen molar-refractivity contribution in [3.8, 4) is 0 Å². The van der Waals surface area contributed by atoms with E-state index in [2.05, 4.69) is 18.9 Å². The van der Waals surface area contributed by atoms with Gasteiger partial charge >= 0.3 is 0 Å². The minimum Gasteiger partial charge on any atom is -0.330 e. The zero-order valence-electron chi connectivity index (χ0n) is 10.0. The predicted octanol–water partition coefficient (Wildman–Crippen LogP) is 2.89. The fourth-order valence-corrected chi connectivity index (χ4v) is 3.19. The summed E-state index contributed by atoms with van der Waals surface area (Å²) in [5.74, 6) is 0. The molecule has 1 aliphatic carbocycles. The van der Waals surface area contributed by atoms with Gasteiger partial charge in [0, 0.05) is 23.6 Å². The number of rotatable bonds is 3. The normalized spacial score (nSPS) is 19.6. The van der Waals surface area contributed by atoms with E-state index in [0.717, 1.165) is 23.6 Å². The molecular weight excluding hydrogens is 222 g/mol. The molecule has 0 aromatic carbocycles. The molecule has 0 atom stereocenters. The van der Waals surface area contributed by atoms with Crippen LogP contribution >= 0.6 is 11.6 Å². The van der Waals surface area contributed by atoms with Gasteiger partial charge in [-0.1, -0.05) is 24.4 Å². The van der Waals surface area contributed by atoms with Crippen molar-refractivity contribution < 1.29 is 0 Å². The number of nitrogens with zero attached hydrogens (tertiary/aromatic N) is 2. The average molecular weight is 242 g/mol. The molecule has 0 spiro atoms. The summed E-state index contributed by atoms with van der Waals surface area (Å²) in [6, 6.07) is 0.303.